The Hall–Kier alpha value is -0.860. The maximum absolute atomic E-state index is 5.92. The van der Waals surface area contributed by atoms with Gasteiger partial charge in [0.25, 0.3) is 0 Å². The molecule has 2 heteroatoms. The van der Waals surface area contributed by atoms with Gasteiger partial charge in [0, 0.05) is 19.5 Å². The van der Waals surface area contributed by atoms with E-state index >= 15 is 0 Å². The Morgan fingerprint density at radius 1 is 1.31 bits per heavy atom. The van der Waals surface area contributed by atoms with Crippen molar-refractivity contribution < 1.29 is 4.74 Å². The lowest BCUT2D eigenvalue weighted by Crippen LogP contribution is -2.44. The average molecular weight is 219 g/mol. The molecule has 0 aromatic heterocycles. The molecule has 1 aliphatic rings. The Morgan fingerprint density at radius 2 is 2.12 bits per heavy atom. The molecule has 1 aromatic rings. The van der Waals surface area contributed by atoms with E-state index in [9.17, 15) is 0 Å². The van der Waals surface area contributed by atoms with Crippen molar-refractivity contribution in [2.24, 2.45) is 0 Å². The first-order chi connectivity index (χ1) is 7.65. The molecule has 0 radical (unpaired) electrons. The van der Waals surface area contributed by atoms with Crippen LogP contribution in [0.4, 0.5) is 0 Å². The highest BCUT2D eigenvalue weighted by Crippen LogP contribution is 2.16. The van der Waals surface area contributed by atoms with Crippen molar-refractivity contribution in [3.8, 4) is 0 Å². The summed E-state index contributed by atoms with van der Waals surface area (Å²) >= 11 is 0. The third kappa shape index (κ3) is 2.83. The summed E-state index contributed by atoms with van der Waals surface area (Å²) in [7, 11) is 0. The third-order valence-electron chi connectivity index (χ3n) is 3.18. The molecule has 0 aliphatic carbocycles. The Labute approximate surface area is 98.0 Å². The summed E-state index contributed by atoms with van der Waals surface area (Å²) in [5, 5.41) is 3.41. The Balaban J connectivity index is 2.05. The quantitative estimate of drug-likeness (QED) is 0.823. The molecule has 2 unspecified atom stereocenters. The second-order valence-electron chi connectivity index (χ2n) is 4.86. The SMILES string of the molecule is Cc1ccc(C)c(CC2CNCC(C)O2)c1. The van der Waals surface area contributed by atoms with Gasteiger partial charge in [-0.2, -0.15) is 0 Å². The predicted octanol–water partition coefficient (Wildman–Crippen LogP) is 2.22. The van der Waals surface area contributed by atoms with Crippen LogP contribution in [0.2, 0.25) is 0 Å². The molecule has 0 bridgehead atoms. The highest BCUT2D eigenvalue weighted by atomic mass is 16.5. The summed E-state index contributed by atoms with van der Waals surface area (Å²) in [6.45, 7) is 8.39. The fourth-order valence-corrected chi connectivity index (χ4v) is 2.26. The number of morpholine rings is 1. The zero-order valence-electron chi connectivity index (χ0n) is 10.4. The molecule has 1 saturated heterocycles. The second kappa shape index (κ2) is 4.98. The van der Waals surface area contributed by atoms with Crippen LogP contribution in [-0.4, -0.2) is 25.3 Å². The molecule has 1 fully saturated rings. The highest BCUT2D eigenvalue weighted by Gasteiger charge is 2.19. The molecule has 1 aromatic carbocycles. The van der Waals surface area contributed by atoms with E-state index in [-0.39, 0.29) is 0 Å². The predicted molar refractivity (Wildman–Crippen MR) is 66.8 cm³/mol. The van der Waals surface area contributed by atoms with Crippen molar-refractivity contribution in [1.29, 1.82) is 0 Å². The van der Waals surface area contributed by atoms with Crippen molar-refractivity contribution in [3.63, 3.8) is 0 Å². The lowest BCUT2D eigenvalue weighted by atomic mass is 9.99. The number of ether oxygens (including phenoxy) is 1. The largest absolute Gasteiger partial charge is 0.372 e. The van der Waals surface area contributed by atoms with E-state index in [2.05, 4.69) is 44.3 Å². The summed E-state index contributed by atoms with van der Waals surface area (Å²) in [5.41, 5.74) is 4.12. The smallest absolute Gasteiger partial charge is 0.0744 e. The lowest BCUT2D eigenvalue weighted by Gasteiger charge is -2.29. The monoisotopic (exact) mass is 219 g/mol. The van der Waals surface area contributed by atoms with Crippen molar-refractivity contribution in [2.75, 3.05) is 13.1 Å². The van der Waals surface area contributed by atoms with E-state index in [4.69, 9.17) is 4.74 Å². The Bertz CT molecular complexity index is 362. The van der Waals surface area contributed by atoms with Gasteiger partial charge in [0.1, 0.15) is 0 Å². The summed E-state index contributed by atoms with van der Waals surface area (Å²) < 4.78 is 5.92. The molecular formula is C14H21NO. The Kier molecular flexibility index (Phi) is 3.62. The van der Waals surface area contributed by atoms with Crippen molar-refractivity contribution >= 4 is 0 Å². The fourth-order valence-electron chi connectivity index (χ4n) is 2.26. The van der Waals surface area contributed by atoms with Gasteiger partial charge in [0.2, 0.25) is 0 Å². The van der Waals surface area contributed by atoms with Gasteiger partial charge in [-0.3, -0.25) is 0 Å². The third-order valence-corrected chi connectivity index (χ3v) is 3.18. The molecule has 1 N–H and O–H groups in total. The van der Waals surface area contributed by atoms with E-state index in [1.807, 2.05) is 0 Å². The van der Waals surface area contributed by atoms with Crippen LogP contribution in [0.25, 0.3) is 0 Å². The number of rotatable bonds is 2. The first kappa shape index (κ1) is 11.6. The van der Waals surface area contributed by atoms with Crippen LogP contribution in [0.5, 0.6) is 0 Å². The molecule has 16 heavy (non-hydrogen) atoms. The minimum Gasteiger partial charge on any atom is -0.372 e. The van der Waals surface area contributed by atoms with Gasteiger partial charge in [-0.15, -0.1) is 0 Å². The zero-order chi connectivity index (χ0) is 11.5. The minimum atomic E-state index is 0.323. The first-order valence-corrected chi connectivity index (χ1v) is 6.07. The normalized spacial score (nSPS) is 25.7. The van der Waals surface area contributed by atoms with Crippen LogP contribution in [-0.2, 0) is 11.2 Å². The number of nitrogens with one attached hydrogen (secondary N) is 1. The Morgan fingerprint density at radius 3 is 2.88 bits per heavy atom. The average Bonchev–Trinajstić information content (AvgIpc) is 2.24. The fraction of sp³-hybridized carbons (Fsp3) is 0.571. The topological polar surface area (TPSA) is 21.3 Å². The maximum Gasteiger partial charge on any atom is 0.0744 e. The van der Waals surface area contributed by atoms with E-state index in [0.29, 0.717) is 12.2 Å². The van der Waals surface area contributed by atoms with E-state index < -0.39 is 0 Å². The highest BCUT2D eigenvalue weighted by molar-refractivity contribution is 5.31. The molecule has 2 nitrogen and oxygen atoms in total. The van der Waals surface area contributed by atoms with Crippen LogP contribution < -0.4 is 5.32 Å². The molecule has 1 heterocycles. The first-order valence-electron chi connectivity index (χ1n) is 6.07. The van der Waals surface area contributed by atoms with Crippen LogP contribution >= 0.6 is 0 Å². The lowest BCUT2D eigenvalue weighted by molar-refractivity contribution is -0.0263. The molecule has 0 spiro atoms. The molecule has 2 rings (SSSR count). The standard InChI is InChI=1S/C14H21NO/c1-10-4-5-11(2)13(6-10)7-14-9-15-8-12(3)16-14/h4-6,12,14-15H,7-9H2,1-3H3. The van der Waals surface area contributed by atoms with Gasteiger partial charge in [-0.25, -0.2) is 0 Å². The molecule has 2 atom stereocenters. The van der Waals surface area contributed by atoms with E-state index in [1.165, 1.54) is 16.7 Å². The van der Waals surface area contributed by atoms with Gasteiger partial charge >= 0.3 is 0 Å². The summed E-state index contributed by atoms with van der Waals surface area (Å²) in [6.07, 6.45) is 1.68. The van der Waals surface area contributed by atoms with Crippen LogP contribution in [0.1, 0.15) is 23.6 Å². The minimum absolute atomic E-state index is 0.323. The van der Waals surface area contributed by atoms with Crippen LogP contribution in [0.3, 0.4) is 0 Å². The van der Waals surface area contributed by atoms with E-state index in [0.717, 1.165) is 19.5 Å². The van der Waals surface area contributed by atoms with Gasteiger partial charge in [-0.1, -0.05) is 23.8 Å². The molecule has 1 aliphatic heterocycles. The maximum atomic E-state index is 5.92. The number of hydrogen-bond donors (Lipinski definition) is 1. The van der Waals surface area contributed by atoms with Crippen LogP contribution in [0.15, 0.2) is 18.2 Å². The molecule has 0 saturated carbocycles. The van der Waals surface area contributed by atoms with Crippen molar-refractivity contribution in [2.45, 2.75) is 39.4 Å². The van der Waals surface area contributed by atoms with Gasteiger partial charge in [0.05, 0.1) is 12.2 Å². The van der Waals surface area contributed by atoms with Gasteiger partial charge < -0.3 is 10.1 Å². The second-order valence-corrected chi connectivity index (χ2v) is 4.86. The number of aryl methyl sites for hydroxylation is 2. The molecule has 0 amide bonds. The summed E-state index contributed by atoms with van der Waals surface area (Å²) in [4.78, 5) is 0. The van der Waals surface area contributed by atoms with Gasteiger partial charge in [-0.05, 0) is 31.9 Å². The summed E-state index contributed by atoms with van der Waals surface area (Å²) in [6, 6.07) is 6.64. The van der Waals surface area contributed by atoms with Crippen molar-refractivity contribution in [1.82, 2.24) is 5.32 Å². The number of benzene rings is 1. The van der Waals surface area contributed by atoms with Crippen LogP contribution in [0, 0.1) is 13.8 Å². The van der Waals surface area contributed by atoms with Gasteiger partial charge in [0.15, 0.2) is 0 Å². The molecular weight excluding hydrogens is 198 g/mol. The molecule has 88 valence electrons. The van der Waals surface area contributed by atoms with Crippen molar-refractivity contribution in [3.05, 3.63) is 34.9 Å². The summed E-state index contributed by atoms with van der Waals surface area (Å²) in [5.74, 6) is 0. The number of hydrogen-bond acceptors (Lipinski definition) is 2. The zero-order valence-corrected chi connectivity index (χ0v) is 10.4. The van der Waals surface area contributed by atoms with E-state index in [1.54, 1.807) is 0 Å².